The SMILES string of the molecule is CCN1CCN(S(=O)(=O)c2ccc(OC)c(N3CCN(C(=O)c4ccco4)CC3)c2)CC1. The molecule has 3 heterocycles. The molecule has 2 aromatic rings. The van der Waals surface area contributed by atoms with Crippen molar-refractivity contribution in [2.75, 3.05) is 70.9 Å². The van der Waals surface area contributed by atoms with E-state index in [2.05, 4.69) is 16.7 Å². The number of hydrogen-bond acceptors (Lipinski definition) is 7. The molecule has 2 aliphatic rings. The summed E-state index contributed by atoms with van der Waals surface area (Å²) in [4.78, 5) is 18.9. The van der Waals surface area contributed by atoms with E-state index in [1.54, 1.807) is 46.6 Å². The largest absolute Gasteiger partial charge is 0.495 e. The molecule has 9 nitrogen and oxygen atoms in total. The van der Waals surface area contributed by atoms with Crippen molar-refractivity contribution in [1.82, 2.24) is 14.1 Å². The zero-order chi connectivity index (χ0) is 22.7. The van der Waals surface area contributed by atoms with Crippen molar-refractivity contribution in [3.63, 3.8) is 0 Å². The van der Waals surface area contributed by atoms with Gasteiger partial charge in [-0.3, -0.25) is 4.79 Å². The van der Waals surface area contributed by atoms with Crippen LogP contribution in [0.1, 0.15) is 17.5 Å². The fraction of sp³-hybridized carbons (Fsp3) is 0.500. The number of furan rings is 1. The van der Waals surface area contributed by atoms with Gasteiger partial charge in [-0.25, -0.2) is 8.42 Å². The average molecular weight is 463 g/mol. The molecule has 0 unspecified atom stereocenters. The summed E-state index contributed by atoms with van der Waals surface area (Å²) in [5.74, 6) is 0.807. The van der Waals surface area contributed by atoms with Crippen LogP contribution in [0, 0.1) is 0 Å². The first-order chi connectivity index (χ1) is 15.4. The molecule has 174 valence electrons. The molecule has 0 bridgehead atoms. The monoisotopic (exact) mass is 462 g/mol. The van der Waals surface area contributed by atoms with E-state index in [4.69, 9.17) is 9.15 Å². The van der Waals surface area contributed by atoms with Crippen LogP contribution in [0.5, 0.6) is 5.75 Å². The number of carbonyl (C=O) groups excluding carboxylic acids is 1. The number of hydrogen-bond donors (Lipinski definition) is 0. The molecular formula is C22H30N4O5S. The molecule has 0 spiro atoms. The van der Waals surface area contributed by atoms with Crippen LogP contribution in [0.3, 0.4) is 0 Å². The van der Waals surface area contributed by atoms with Crippen LogP contribution in [0.15, 0.2) is 45.9 Å². The maximum Gasteiger partial charge on any atom is 0.289 e. The lowest BCUT2D eigenvalue weighted by Crippen LogP contribution is -2.49. The second-order valence-electron chi connectivity index (χ2n) is 7.93. The molecule has 0 saturated carbocycles. The zero-order valence-corrected chi connectivity index (χ0v) is 19.4. The normalized spacial score (nSPS) is 18.7. The third-order valence-corrected chi connectivity index (χ3v) is 8.10. The summed E-state index contributed by atoms with van der Waals surface area (Å²) < 4.78 is 38.9. The Kier molecular flexibility index (Phi) is 6.73. The van der Waals surface area contributed by atoms with E-state index in [0.29, 0.717) is 50.8 Å². The summed E-state index contributed by atoms with van der Waals surface area (Å²) in [6.45, 7) is 7.64. The van der Waals surface area contributed by atoms with Crippen LogP contribution >= 0.6 is 0 Å². The molecule has 1 aromatic heterocycles. The number of methoxy groups -OCH3 is 1. The number of anilines is 1. The third-order valence-electron chi connectivity index (χ3n) is 6.21. The van der Waals surface area contributed by atoms with Gasteiger partial charge in [-0.2, -0.15) is 4.31 Å². The van der Waals surface area contributed by atoms with E-state index in [1.165, 1.54) is 6.26 Å². The number of likely N-dealkylation sites (N-methyl/N-ethyl adjacent to an activating group) is 1. The standard InChI is InChI=1S/C22H30N4O5S/c1-3-23-8-14-26(15-9-23)32(28,29)18-6-7-20(30-2)19(17-18)24-10-12-25(13-11-24)22(27)21-5-4-16-31-21/h4-7,16-17H,3,8-15H2,1-2H3. The number of rotatable bonds is 6. The molecule has 0 aliphatic carbocycles. The van der Waals surface area contributed by atoms with Gasteiger partial charge in [0, 0.05) is 52.4 Å². The maximum atomic E-state index is 13.3. The van der Waals surface area contributed by atoms with E-state index >= 15 is 0 Å². The van der Waals surface area contributed by atoms with Gasteiger partial charge in [0.15, 0.2) is 5.76 Å². The highest BCUT2D eigenvalue weighted by molar-refractivity contribution is 7.89. The molecule has 1 aromatic carbocycles. The number of piperazine rings is 2. The highest BCUT2D eigenvalue weighted by atomic mass is 32.2. The third kappa shape index (κ3) is 4.48. The fourth-order valence-electron chi connectivity index (χ4n) is 4.22. The molecule has 0 radical (unpaired) electrons. The Bertz CT molecular complexity index is 1020. The molecular weight excluding hydrogens is 432 g/mol. The first kappa shape index (κ1) is 22.6. The van der Waals surface area contributed by atoms with Crippen LogP contribution < -0.4 is 9.64 Å². The first-order valence-corrected chi connectivity index (χ1v) is 12.4. The highest BCUT2D eigenvalue weighted by Crippen LogP contribution is 2.33. The molecule has 10 heteroatoms. The van der Waals surface area contributed by atoms with Crippen molar-refractivity contribution in [2.24, 2.45) is 0 Å². The van der Waals surface area contributed by atoms with Crippen molar-refractivity contribution < 1.29 is 22.4 Å². The van der Waals surface area contributed by atoms with Crippen LogP contribution in [0.2, 0.25) is 0 Å². The van der Waals surface area contributed by atoms with Gasteiger partial charge in [-0.05, 0) is 36.9 Å². The minimum Gasteiger partial charge on any atom is -0.495 e. The quantitative estimate of drug-likeness (QED) is 0.644. The second-order valence-corrected chi connectivity index (χ2v) is 9.87. The Hall–Kier alpha value is -2.56. The van der Waals surface area contributed by atoms with Gasteiger partial charge >= 0.3 is 0 Å². The number of benzene rings is 1. The van der Waals surface area contributed by atoms with E-state index in [-0.39, 0.29) is 10.8 Å². The summed E-state index contributed by atoms with van der Waals surface area (Å²) in [5.41, 5.74) is 0.728. The Labute approximate surface area is 189 Å². The van der Waals surface area contributed by atoms with Crippen LogP contribution in [0.25, 0.3) is 0 Å². The number of nitrogens with zero attached hydrogens (tertiary/aromatic N) is 4. The van der Waals surface area contributed by atoms with Gasteiger partial charge in [0.05, 0.1) is 24.0 Å². The minimum absolute atomic E-state index is 0.135. The number of carbonyl (C=O) groups is 1. The molecule has 2 saturated heterocycles. The lowest BCUT2D eigenvalue weighted by atomic mass is 10.2. The Morgan fingerprint density at radius 3 is 2.34 bits per heavy atom. The van der Waals surface area contributed by atoms with Crippen molar-refractivity contribution in [3.8, 4) is 5.75 Å². The lowest BCUT2D eigenvalue weighted by molar-refractivity contribution is 0.0714. The smallest absolute Gasteiger partial charge is 0.289 e. The number of ether oxygens (including phenoxy) is 1. The molecule has 2 aliphatic heterocycles. The van der Waals surface area contributed by atoms with Gasteiger partial charge in [0.25, 0.3) is 5.91 Å². The molecule has 4 rings (SSSR count). The molecule has 1 amide bonds. The van der Waals surface area contributed by atoms with E-state index in [9.17, 15) is 13.2 Å². The maximum absolute atomic E-state index is 13.3. The van der Waals surface area contributed by atoms with Gasteiger partial charge in [0.1, 0.15) is 5.75 Å². The summed E-state index contributed by atoms with van der Waals surface area (Å²) in [6, 6.07) is 8.38. The van der Waals surface area contributed by atoms with Crippen LogP contribution in [-0.2, 0) is 10.0 Å². The van der Waals surface area contributed by atoms with E-state index in [1.807, 2.05) is 0 Å². The van der Waals surface area contributed by atoms with Crippen LogP contribution in [0.4, 0.5) is 5.69 Å². The van der Waals surface area contributed by atoms with Gasteiger partial charge in [-0.15, -0.1) is 0 Å². The molecule has 32 heavy (non-hydrogen) atoms. The van der Waals surface area contributed by atoms with Crippen molar-refractivity contribution in [1.29, 1.82) is 0 Å². The minimum atomic E-state index is -3.59. The topological polar surface area (TPSA) is 86.5 Å². The summed E-state index contributed by atoms with van der Waals surface area (Å²) >= 11 is 0. The number of sulfonamides is 1. The highest BCUT2D eigenvalue weighted by Gasteiger charge is 2.30. The van der Waals surface area contributed by atoms with Crippen molar-refractivity contribution in [2.45, 2.75) is 11.8 Å². The summed E-state index contributed by atoms with van der Waals surface area (Å²) in [7, 11) is -2.01. The Balaban J connectivity index is 1.50. The predicted molar refractivity (Wildman–Crippen MR) is 121 cm³/mol. The second kappa shape index (κ2) is 9.51. The summed E-state index contributed by atoms with van der Waals surface area (Å²) in [6.07, 6.45) is 1.49. The van der Waals surface area contributed by atoms with Crippen LogP contribution in [-0.4, -0.2) is 94.4 Å². The van der Waals surface area contributed by atoms with Gasteiger partial charge in [-0.1, -0.05) is 6.92 Å². The molecule has 0 N–H and O–H groups in total. The van der Waals surface area contributed by atoms with Gasteiger partial charge < -0.3 is 23.9 Å². The molecule has 2 fully saturated rings. The molecule has 0 atom stereocenters. The predicted octanol–water partition coefficient (Wildman–Crippen LogP) is 1.58. The Morgan fingerprint density at radius 1 is 1.03 bits per heavy atom. The lowest BCUT2D eigenvalue weighted by Gasteiger charge is -2.37. The number of amides is 1. The van der Waals surface area contributed by atoms with Crippen molar-refractivity contribution in [3.05, 3.63) is 42.4 Å². The fourth-order valence-corrected chi connectivity index (χ4v) is 5.66. The van der Waals surface area contributed by atoms with E-state index < -0.39 is 10.0 Å². The first-order valence-electron chi connectivity index (χ1n) is 10.9. The summed E-state index contributed by atoms with van der Waals surface area (Å²) in [5, 5.41) is 0. The average Bonchev–Trinajstić information content (AvgIpc) is 3.38. The van der Waals surface area contributed by atoms with Gasteiger partial charge in [0.2, 0.25) is 10.0 Å². The Morgan fingerprint density at radius 2 is 1.75 bits per heavy atom. The van der Waals surface area contributed by atoms with Crippen molar-refractivity contribution >= 4 is 21.6 Å². The van der Waals surface area contributed by atoms with E-state index in [0.717, 1.165) is 25.3 Å². The zero-order valence-electron chi connectivity index (χ0n) is 18.6.